The van der Waals surface area contributed by atoms with Crippen molar-refractivity contribution in [2.24, 2.45) is 0 Å². The molecule has 0 bridgehead atoms. The molecule has 1 aromatic carbocycles. The zero-order valence-corrected chi connectivity index (χ0v) is 20.0. The number of unbranched alkanes of at least 4 members (excludes halogenated alkanes) is 15. The van der Waals surface area contributed by atoms with E-state index in [0.29, 0.717) is 12.0 Å². The molecule has 1 rings (SSSR count). The highest BCUT2D eigenvalue weighted by molar-refractivity contribution is 7.86. The van der Waals surface area contributed by atoms with Crippen LogP contribution in [0.4, 0.5) is 5.69 Å². The van der Waals surface area contributed by atoms with Crippen LogP contribution in [0.2, 0.25) is 0 Å². The molecule has 0 fully saturated rings. The summed E-state index contributed by atoms with van der Waals surface area (Å²) in [6.45, 7) is 2.25. The normalized spacial score (nSPS) is 11.7. The van der Waals surface area contributed by atoms with Crippen LogP contribution in [0.1, 0.15) is 115 Å². The average molecular weight is 456 g/mol. The molecular weight excluding hydrogens is 414 g/mol. The van der Waals surface area contributed by atoms with E-state index in [2.05, 4.69) is 6.92 Å². The van der Waals surface area contributed by atoms with Gasteiger partial charge in [-0.3, -0.25) is 14.7 Å². The van der Waals surface area contributed by atoms with Crippen LogP contribution in [0.3, 0.4) is 0 Å². The van der Waals surface area contributed by atoms with Gasteiger partial charge < -0.3 is 0 Å². The van der Waals surface area contributed by atoms with Gasteiger partial charge in [-0.25, -0.2) is 0 Å². The zero-order chi connectivity index (χ0) is 23.0. The van der Waals surface area contributed by atoms with Crippen molar-refractivity contribution < 1.29 is 17.9 Å². The summed E-state index contributed by atoms with van der Waals surface area (Å²) in [5.74, 6) is 0. The highest BCUT2D eigenvalue weighted by Gasteiger charge is 2.26. The van der Waals surface area contributed by atoms with Gasteiger partial charge in [0.05, 0.1) is 4.92 Å². The number of nitrogens with zero attached hydrogens (tertiary/aromatic N) is 1. The Balaban J connectivity index is 2.09. The van der Waals surface area contributed by atoms with E-state index in [1.165, 1.54) is 89.5 Å². The SMILES string of the molecule is CCCCCCCCCCCCCCCCCCc1cccc(S(=O)(=O)O)c1[N+](=O)[O-]. The number of aryl methyl sites for hydroxylation is 1. The molecule has 1 N–H and O–H groups in total. The monoisotopic (exact) mass is 455 g/mol. The smallest absolute Gasteiger partial charge is 0.282 e. The van der Waals surface area contributed by atoms with Gasteiger partial charge in [0.2, 0.25) is 0 Å². The van der Waals surface area contributed by atoms with Crippen LogP contribution in [-0.4, -0.2) is 17.9 Å². The van der Waals surface area contributed by atoms with Crippen molar-refractivity contribution in [3.8, 4) is 0 Å². The lowest BCUT2D eigenvalue weighted by atomic mass is 10.0. The third-order valence-corrected chi connectivity index (χ3v) is 6.73. The summed E-state index contributed by atoms with van der Waals surface area (Å²) in [4.78, 5) is 9.95. The van der Waals surface area contributed by atoms with Crippen LogP contribution in [-0.2, 0) is 16.5 Å². The first-order valence-electron chi connectivity index (χ1n) is 12.1. The Morgan fingerprint density at radius 1 is 0.774 bits per heavy atom. The van der Waals surface area contributed by atoms with Crippen molar-refractivity contribution in [1.29, 1.82) is 0 Å². The van der Waals surface area contributed by atoms with Gasteiger partial charge >= 0.3 is 10.1 Å². The molecule has 0 aliphatic heterocycles. The van der Waals surface area contributed by atoms with Gasteiger partial charge in [-0.2, -0.15) is 8.42 Å². The minimum Gasteiger partial charge on any atom is -0.282 e. The number of nitro benzene ring substituents is 1. The Bertz CT molecular complexity index is 733. The van der Waals surface area contributed by atoms with E-state index in [1.54, 1.807) is 6.07 Å². The summed E-state index contributed by atoms with van der Waals surface area (Å²) in [7, 11) is -4.60. The zero-order valence-electron chi connectivity index (χ0n) is 19.2. The summed E-state index contributed by atoms with van der Waals surface area (Å²) in [5, 5.41) is 11.3. The molecule has 0 aliphatic rings. The molecule has 0 amide bonds. The average Bonchev–Trinajstić information content (AvgIpc) is 2.72. The third-order valence-electron chi connectivity index (χ3n) is 5.84. The van der Waals surface area contributed by atoms with E-state index >= 15 is 0 Å². The van der Waals surface area contributed by atoms with E-state index in [4.69, 9.17) is 0 Å². The lowest BCUT2D eigenvalue weighted by Gasteiger charge is -2.06. The summed E-state index contributed by atoms with van der Waals surface area (Å²) < 4.78 is 32.0. The Morgan fingerprint density at radius 3 is 1.58 bits per heavy atom. The molecule has 6 nitrogen and oxygen atoms in total. The second kappa shape index (κ2) is 16.2. The number of para-hydroxylation sites is 1. The van der Waals surface area contributed by atoms with Crippen molar-refractivity contribution in [3.63, 3.8) is 0 Å². The molecule has 1 aromatic rings. The van der Waals surface area contributed by atoms with Gasteiger partial charge in [-0.15, -0.1) is 0 Å². The second-order valence-electron chi connectivity index (χ2n) is 8.55. The van der Waals surface area contributed by atoms with Crippen LogP contribution >= 0.6 is 0 Å². The lowest BCUT2D eigenvalue weighted by molar-refractivity contribution is -0.388. The predicted molar refractivity (Wildman–Crippen MR) is 126 cm³/mol. The Hall–Kier alpha value is -1.47. The van der Waals surface area contributed by atoms with E-state index in [-0.39, 0.29) is 0 Å². The third kappa shape index (κ3) is 12.2. The summed E-state index contributed by atoms with van der Waals surface area (Å²) in [6, 6.07) is 4.08. The fourth-order valence-electron chi connectivity index (χ4n) is 4.05. The van der Waals surface area contributed by atoms with E-state index in [1.807, 2.05) is 0 Å². The molecule has 0 unspecified atom stereocenters. The minimum absolute atomic E-state index is 0.366. The Kier molecular flexibility index (Phi) is 14.4. The molecule has 0 heterocycles. The van der Waals surface area contributed by atoms with Crippen molar-refractivity contribution in [2.45, 2.75) is 121 Å². The molecule has 0 aliphatic carbocycles. The minimum atomic E-state index is -4.60. The fraction of sp³-hybridized carbons (Fsp3) is 0.750. The predicted octanol–water partition coefficient (Wildman–Crippen LogP) is 7.65. The van der Waals surface area contributed by atoms with Crippen molar-refractivity contribution >= 4 is 15.8 Å². The first-order chi connectivity index (χ1) is 14.9. The van der Waals surface area contributed by atoms with Crippen LogP contribution in [0.25, 0.3) is 0 Å². The first kappa shape index (κ1) is 27.6. The fourth-order valence-corrected chi connectivity index (χ4v) is 4.75. The number of nitro groups is 1. The number of rotatable bonds is 19. The van der Waals surface area contributed by atoms with Crippen molar-refractivity contribution in [3.05, 3.63) is 33.9 Å². The molecule has 0 saturated heterocycles. The lowest BCUT2D eigenvalue weighted by Crippen LogP contribution is -2.06. The topological polar surface area (TPSA) is 97.5 Å². The number of benzene rings is 1. The Labute approximate surface area is 188 Å². The molecular formula is C24H41NO5S. The summed E-state index contributed by atoms with van der Waals surface area (Å²) in [5.41, 5.74) is -0.128. The highest BCUT2D eigenvalue weighted by atomic mass is 32.2. The van der Waals surface area contributed by atoms with E-state index in [0.717, 1.165) is 25.3 Å². The largest absolute Gasteiger partial charge is 0.301 e. The van der Waals surface area contributed by atoms with Gasteiger partial charge in [0.15, 0.2) is 4.90 Å². The summed E-state index contributed by atoms with van der Waals surface area (Å²) >= 11 is 0. The standard InChI is InChI=1S/C24H41NO5S/c1-2-3-4-5-6-7-8-9-10-11-12-13-14-15-16-17-19-22-20-18-21-23(31(28,29)30)24(22)25(26)27/h18,20-21H,2-17,19H2,1H3,(H,28,29,30). The van der Waals surface area contributed by atoms with Gasteiger partial charge in [0.25, 0.3) is 5.69 Å². The van der Waals surface area contributed by atoms with Gasteiger partial charge in [-0.1, -0.05) is 115 Å². The molecule has 0 radical (unpaired) electrons. The molecule has 31 heavy (non-hydrogen) atoms. The maximum absolute atomic E-state index is 11.4. The van der Waals surface area contributed by atoms with Crippen molar-refractivity contribution in [2.75, 3.05) is 0 Å². The molecule has 7 heteroatoms. The first-order valence-corrected chi connectivity index (χ1v) is 13.6. The van der Waals surface area contributed by atoms with Gasteiger partial charge in [0, 0.05) is 5.56 Å². The molecule has 0 spiro atoms. The van der Waals surface area contributed by atoms with Gasteiger partial charge in [0.1, 0.15) is 0 Å². The maximum atomic E-state index is 11.4. The molecule has 0 atom stereocenters. The van der Waals surface area contributed by atoms with Crippen LogP contribution < -0.4 is 0 Å². The van der Waals surface area contributed by atoms with Crippen LogP contribution in [0.5, 0.6) is 0 Å². The molecule has 178 valence electrons. The van der Waals surface area contributed by atoms with Crippen molar-refractivity contribution in [1.82, 2.24) is 0 Å². The highest BCUT2D eigenvalue weighted by Crippen LogP contribution is 2.29. The summed E-state index contributed by atoms with van der Waals surface area (Å²) in [6.07, 6.45) is 20.6. The number of hydrogen-bond donors (Lipinski definition) is 1. The molecule has 0 aromatic heterocycles. The van der Waals surface area contributed by atoms with E-state index in [9.17, 15) is 23.1 Å². The Morgan fingerprint density at radius 2 is 1.19 bits per heavy atom. The van der Waals surface area contributed by atoms with Crippen LogP contribution in [0.15, 0.2) is 23.1 Å². The quantitative estimate of drug-likeness (QED) is 0.0999. The number of hydrogen-bond acceptors (Lipinski definition) is 4. The second-order valence-corrected chi connectivity index (χ2v) is 9.94. The van der Waals surface area contributed by atoms with Gasteiger partial charge in [-0.05, 0) is 18.9 Å². The molecule has 0 saturated carbocycles. The van der Waals surface area contributed by atoms with E-state index < -0.39 is 25.6 Å². The van der Waals surface area contributed by atoms with Crippen LogP contribution in [0, 0.1) is 10.1 Å². The maximum Gasteiger partial charge on any atom is 0.301 e.